The van der Waals surface area contributed by atoms with Gasteiger partial charge in [0.1, 0.15) is 5.75 Å². The first-order valence-corrected chi connectivity index (χ1v) is 10.5. The molecule has 2 heterocycles. The topological polar surface area (TPSA) is 85.3 Å². The summed E-state index contributed by atoms with van der Waals surface area (Å²) in [6.07, 6.45) is 8.83. The molecule has 2 aliphatic rings. The molecule has 2 N–H and O–H groups in total. The summed E-state index contributed by atoms with van der Waals surface area (Å²) < 4.78 is 7.42. The number of hydrogen-bond acceptors (Lipinski definition) is 4. The van der Waals surface area contributed by atoms with Gasteiger partial charge in [0.15, 0.2) is 0 Å². The predicted octanol–water partition coefficient (Wildman–Crippen LogP) is 2.31. The normalized spacial score (nSPS) is 21.0. The minimum Gasteiger partial charge on any atom is -0.493 e. The van der Waals surface area contributed by atoms with E-state index in [-0.39, 0.29) is 23.8 Å². The van der Waals surface area contributed by atoms with Crippen LogP contribution in [-0.2, 0) is 17.8 Å². The van der Waals surface area contributed by atoms with E-state index in [9.17, 15) is 9.59 Å². The molecule has 2 aromatic rings. The summed E-state index contributed by atoms with van der Waals surface area (Å²) in [5.41, 5.74) is 1.80. The molecular formula is C22H28N4O3. The fourth-order valence-corrected chi connectivity index (χ4v) is 4.14. The van der Waals surface area contributed by atoms with Crippen LogP contribution in [0.4, 0.5) is 0 Å². The van der Waals surface area contributed by atoms with Gasteiger partial charge in [0.2, 0.25) is 5.91 Å². The van der Waals surface area contributed by atoms with Crippen LogP contribution in [0, 0.1) is 5.92 Å². The number of benzene rings is 1. The van der Waals surface area contributed by atoms with E-state index in [1.165, 1.54) is 0 Å². The van der Waals surface area contributed by atoms with Crippen LogP contribution in [0.5, 0.6) is 5.75 Å². The number of rotatable bonds is 6. The summed E-state index contributed by atoms with van der Waals surface area (Å²) in [4.78, 5) is 25.0. The van der Waals surface area contributed by atoms with E-state index in [0.717, 1.165) is 56.4 Å². The molecule has 0 radical (unpaired) electrons. The Labute approximate surface area is 170 Å². The molecule has 7 nitrogen and oxygen atoms in total. The minimum absolute atomic E-state index is 0.0293. The van der Waals surface area contributed by atoms with Crippen molar-refractivity contribution in [2.24, 2.45) is 5.92 Å². The Morgan fingerprint density at radius 3 is 2.86 bits per heavy atom. The second kappa shape index (κ2) is 9.11. The minimum atomic E-state index is -0.0366. The van der Waals surface area contributed by atoms with E-state index in [1.807, 2.05) is 30.5 Å². The molecule has 4 rings (SSSR count). The largest absolute Gasteiger partial charge is 0.493 e. The highest BCUT2D eigenvalue weighted by atomic mass is 16.5. The van der Waals surface area contributed by atoms with Gasteiger partial charge in [-0.2, -0.15) is 5.10 Å². The SMILES string of the molecule is O=C(NC1CCC(C(=O)NCCn2cccn2)CC1)c1ccc2c(c1)CCCO2. The Hall–Kier alpha value is -2.83. The smallest absolute Gasteiger partial charge is 0.251 e. The molecule has 0 unspecified atom stereocenters. The Morgan fingerprint density at radius 1 is 1.21 bits per heavy atom. The number of aryl methyl sites for hydroxylation is 1. The molecule has 1 aromatic heterocycles. The molecule has 1 aromatic carbocycles. The number of amides is 2. The molecule has 0 atom stereocenters. The second-order valence-electron chi connectivity index (χ2n) is 7.86. The van der Waals surface area contributed by atoms with Crippen LogP contribution in [0.1, 0.15) is 48.0 Å². The van der Waals surface area contributed by atoms with Gasteiger partial charge >= 0.3 is 0 Å². The Bertz CT molecular complexity index is 842. The second-order valence-corrected chi connectivity index (χ2v) is 7.86. The molecule has 0 saturated heterocycles. The third-order valence-electron chi connectivity index (χ3n) is 5.80. The van der Waals surface area contributed by atoms with Crippen molar-refractivity contribution in [3.05, 3.63) is 47.8 Å². The lowest BCUT2D eigenvalue weighted by Gasteiger charge is -2.28. The number of hydrogen-bond donors (Lipinski definition) is 2. The Morgan fingerprint density at radius 2 is 2.07 bits per heavy atom. The summed E-state index contributed by atoms with van der Waals surface area (Å²) >= 11 is 0. The number of aromatic nitrogens is 2. The van der Waals surface area contributed by atoms with E-state index >= 15 is 0 Å². The van der Waals surface area contributed by atoms with Crippen LogP contribution in [-0.4, -0.2) is 40.8 Å². The first-order chi connectivity index (χ1) is 14.2. The average Bonchev–Trinajstić information content (AvgIpc) is 3.27. The van der Waals surface area contributed by atoms with Gasteiger partial charge in [-0.05, 0) is 68.4 Å². The molecule has 1 aliphatic heterocycles. The monoisotopic (exact) mass is 396 g/mol. The molecule has 29 heavy (non-hydrogen) atoms. The highest BCUT2D eigenvalue weighted by Crippen LogP contribution is 2.27. The summed E-state index contributed by atoms with van der Waals surface area (Å²) in [6, 6.07) is 7.67. The number of carbonyl (C=O) groups is 2. The van der Waals surface area contributed by atoms with Crippen molar-refractivity contribution in [1.29, 1.82) is 0 Å². The quantitative estimate of drug-likeness (QED) is 0.785. The maximum atomic E-state index is 12.6. The molecule has 0 bridgehead atoms. The molecule has 2 amide bonds. The molecule has 1 aliphatic carbocycles. The van der Waals surface area contributed by atoms with E-state index in [2.05, 4.69) is 15.7 Å². The number of ether oxygens (including phenoxy) is 1. The van der Waals surface area contributed by atoms with Crippen molar-refractivity contribution in [2.45, 2.75) is 51.1 Å². The maximum absolute atomic E-state index is 12.6. The fraction of sp³-hybridized carbons (Fsp3) is 0.500. The third-order valence-corrected chi connectivity index (χ3v) is 5.80. The number of fused-ring (bicyclic) bond motifs is 1. The number of nitrogens with one attached hydrogen (secondary N) is 2. The van der Waals surface area contributed by atoms with Crippen molar-refractivity contribution >= 4 is 11.8 Å². The van der Waals surface area contributed by atoms with Gasteiger partial charge in [0, 0.05) is 36.5 Å². The zero-order valence-electron chi connectivity index (χ0n) is 16.6. The van der Waals surface area contributed by atoms with Crippen molar-refractivity contribution in [3.8, 4) is 5.75 Å². The van der Waals surface area contributed by atoms with Gasteiger partial charge in [-0.1, -0.05) is 0 Å². The summed E-state index contributed by atoms with van der Waals surface area (Å²) in [5.74, 6) is 0.996. The lowest BCUT2D eigenvalue weighted by molar-refractivity contribution is -0.126. The number of carbonyl (C=O) groups excluding carboxylic acids is 2. The molecule has 7 heteroatoms. The molecule has 154 valence electrons. The highest BCUT2D eigenvalue weighted by Gasteiger charge is 2.27. The van der Waals surface area contributed by atoms with E-state index < -0.39 is 0 Å². The van der Waals surface area contributed by atoms with Crippen LogP contribution in [0.15, 0.2) is 36.7 Å². The molecule has 1 fully saturated rings. The van der Waals surface area contributed by atoms with Crippen molar-refractivity contribution in [3.63, 3.8) is 0 Å². The third kappa shape index (κ3) is 4.96. The summed E-state index contributed by atoms with van der Waals surface area (Å²) in [5, 5.41) is 10.3. The first kappa shape index (κ1) is 19.5. The van der Waals surface area contributed by atoms with E-state index in [4.69, 9.17) is 4.74 Å². The highest BCUT2D eigenvalue weighted by molar-refractivity contribution is 5.94. The lowest BCUT2D eigenvalue weighted by Crippen LogP contribution is -2.41. The van der Waals surface area contributed by atoms with Gasteiger partial charge in [-0.25, -0.2) is 0 Å². The zero-order chi connectivity index (χ0) is 20.1. The molecule has 1 saturated carbocycles. The average molecular weight is 396 g/mol. The summed E-state index contributed by atoms with van der Waals surface area (Å²) in [7, 11) is 0. The Kier molecular flexibility index (Phi) is 6.12. The van der Waals surface area contributed by atoms with Crippen molar-refractivity contribution in [2.75, 3.05) is 13.2 Å². The fourth-order valence-electron chi connectivity index (χ4n) is 4.14. The van der Waals surface area contributed by atoms with Gasteiger partial charge < -0.3 is 15.4 Å². The lowest BCUT2D eigenvalue weighted by atomic mass is 9.85. The predicted molar refractivity (Wildman–Crippen MR) is 109 cm³/mol. The Balaban J connectivity index is 1.21. The first-order valence-electron chi connectivity index (χ1n) is 10.5. The van der Waals surface area contributed by atoms with E-state index in [1.54, 1.807) is 10.9 Å². The van der Waals surface area contributed by atoms with Crippen LogP contribution in [0.3, 0.4) is 0 Å². The van der Waals surface area contributed by atoms with Gasteiger partial charge in [-0.15, -0.1) is 0 Å². The summed E-state index contributed by atoms with van der Waals surface area (Å²) in [6.45, 7) is 2.01. The maximum Gasteiger partial charge on any atom is 0.251 e. The van der Waals surface area contributed by atoms with Crippen molar-refractivity contribution in [1.82, 2.24) is 20.4 Å². The van der Waals surface area contributed by atoms with Gasteiger partial charge in [-0.3, -0.25) is 14.3 Å². The van der Waals surface area contributed by atoms with Gasteiger partial charge in [0.05, 0.1) is 13.2 Å². The van der Waals surface area contributed by atoms with Gasteiger partial charge in [0.25, 0.3) is 5.91 Å². The van der Waals surface area contributed by atoms with Crippen LogP contribution in [0.25, 0.3) is 0 Å². The standard InChI is InChI=1S/C22H28N4O3/c27-21(23-11-13-26-12-2-10-24-26)16-4-7-19(8-5-16)25-22(28)18-6-9-20-17(15-18)3-1-14-29-20/h2,6,9-10,12,15-16,19H,1,3-5,7-8,11,13-14H2,(H,23,27)(H,25,28). The van der Waals surface area contributed by atoms with Crippen molar-refractivity contribution < 1.29 is 14.3 Å². The van der Waals surface area contributed by atoms with Crippen LogP contribution >= 0.6 is 0 Å². The number of nitrogens with zero attached hydrogens (tertiary/aromatic N) is 2. The van der Waals surface area contributed by atoms with Crippen LogP contribution < -0.4 is 15.4 Å². The zero-order valence-corrected chi connectivity index (χ0v) is 16.6. The van der Waals surface area contributed by atoms with E-state index in [0.29, 0.717) is 18.7 Å². The molecule has 0 spiro atoms. The molecular weight excluding hydrogens is 368 g/mol. The van der Waals surface area contributed by atoms with Crippen LogP contribution in [0.2, 0.25) is 0 Å².